The summed E-state index contributed by atoms with van der Waals surface area (Å²) in [5.74, 6) is -0.492. The summed E-state index contributed by atoms with van der Waals surface area (Å²) in [4.78, 5) is 11.7. The van der Waals surface area contributed by atoms with Crippen LogP contribution in [0.3, 0.4) is 0 Å². The summed E-state index contributed by atoms with van der Waals surface area (Å²) in [5, 5.41) is 20.0. The van der Waals surface area contributed by atoms with Gasteiger partial charge in [0.25, 0.3) is 0 Å². The summed E-state index contributed by atoms with van der Waals surface area (Å²) < 4.78 is 37.4. The number of rotatable bonds is 2. The molecule has 0 radical (unpaired) electrons. The van der Waals surface area contributed by atoms with Crippen LogP contribution in [0.25, 0.3) is 0 Å². The molecule has 0 unspecified atom stereocenters. The van der Waals surface area contributed by atoms with E-state index in [-0.39, 0.29) is 11.1 Å². The number of allylic oxidation sites excluding steroid dienone is 1. The lowest BCUT2D eigenvalue weighted by Gasteiger charge is -2.23. The van der Waals surface area contributed by atoms with Crippen molar-refractivity contribution in [2.75, 3.05) is 0 Å². The number of benzene rings is 1. The van der Waals surface area contributed by atoms with Gasteiger partial charge in [0.05, 0.1) is 11.2 Å². The number of hydrogen-bond donors (Lipinski definition) is 2. The topological polar surface area (TPSA) is 57.5 Å². The Kier molecular flexibility index (Phi) is 3.78. The number of hydrogen-bond acceptors (Lipinski definition) is 3. The third-order valence-corrected chi connectivity index (χ3v) is 3.15. The predicted molar refractivity (Wildman–Crippen MR) is 69.3 cm³/mol. The normalized spacial score (nSPS) is 23.9. The first-order valence-corrected chi connectivity index (χ1v) is 6.14. The highest BCUT2D eigenvalue weighted by atomic mass is 19.4. The molecule has 0 aromatic heterocycles. The van der Waals surface area contributed by atoms with Gasteiger partial charge in [-0.05, 0) is 42.8 Å². The molecule has 2 atom stereocenters. The average Bonchev–Trinajstić information content (AvgIpc) is 2.40. The molecule has 0 heterocycles. The number of ketones is 1. The smallest absolute Gasteiger partial charge is 0.384 e. The second-order valence-corrected chi connectivity index (χ2v) is 5.05. The monoisotopic (exact) mass is 298 g/mol. The van der Waals surface area contributed by atoms with Crippen LogP contribution in [-0.4, -0.2) is 21.6 Å². The summed E-state index contributed by atoms with van der Waals surface area (Å²) in [6.45, 7) is 1.43. The molecule has 0 saturated carbocycles. The van der Waals surface area contributed by atoms with Gasteiger partial charge in [-0.25, -0.2) is 0 Å². The molecule has 21 heavy (non-hydrogen) atoms. The Hall–Kier alpha value is -1.92. The maximum Gasteiger partial charge on any atom is 0.416 e. The highest BCUT2D eigenvalue weighted by Crippen LogP contribution is 2.32. The van der Waals surface area contributed by atoms with Crippen LogP contribution in [0, 0.1) is 0 Å². The van der Waals surface area contributed by atoms with E-state index in [2.05, 4.69) is 0 Å². The molecule has 0 aliphatic heterocycles. The quantitative estimate of drug-likeness (QED) is 0.882. The molecule has 0 bridgehead atoms. The van der Waals surface area contributed by atoms with Crippen LogP contribution >= 0.6 is 0 Å². The maximum absolute atomic E-state index is 12.5. The van der Waals surface area contributed by atoms with Gasteiger partial charge in [0.15, 0.2) is 5.78 Å². The lowest BCUT2D eigenvalue weighted by Crippen LogP contribution is -2.25. The molecule has 112 valence electrons. The van der Waals surface area contributed by atoms with Crippen LogP contribution in [0.5, 0.6) is 0 Å². The van der Waals surface area contributed by atoms with Crippen molar-refractivity contribution < 1.29 is 28.2 Å². The fraction of sp³-hybridized carbons (Fsp3) is 0.267. The van der Waals surface area contributed by atoms with Crippen LogP contribution in [0.1, 0.15) is 24.2 Å². The van der Waals surface area contributed by atoms with Gasteiger partial charge in [0, 0.05) is 5.57 Å². The van der Waals surface area contributed by atoms with Crippen LogP contribution in [0.2, 0.25) is 0 Å². The Morgan fingerprint density at radius 3 is 2.29 bits per heavy atom. The third-order valence-electron chi connectivity index (χ3n) is 3.15. The minimum absolute atomic E-state index is 0.0674. The van der Waals surface area contributed by atoms with E-state index >= 15 is 0 Å². The molecule has 0 saturated heterocycles. The van der Waals surface area contributed by atoms with E-state index in [1.54, 1.807) is 0 Å². The molecule has 0 amide bonds. The van der Waals surface area contributed by atoms with Crippen molar-refractivity contribution in [3.8, 4) is 0 Å². The van der Waals surface area contributed by atoms with E-state index in [0.717, 1.165) is 30.3 Å². The van der Waals surface area contributed by atoms with E-state index in [0.29, 0.717) is 0 Å². The molecule has 2 rings (SSSR count). The van der Waals surface area contributed by atoms with Crippen LogP contribution in [0.15, 0.2) is 48.1 Å². The number of aliphatic hydroxyl groups excluding tert-OH is 1. The maximum atomic E-state index is 12.5. The Morgan fingerprint density at radius 1 is 1.19 bits per heavy atom. The number of carbonyl (C=O) groups excluding carboxylic acids is 1. The average molecular weight is 298 g/mol. The first-order chi connectivity index (χ1) is 9.60. The van der Waals surface area contributed by atoms with Crippen molar-refractivity contribution in [1.29, 1.82) is 0 Å². The lowest BCUT2D eigenvalue weighted by atomic mass is 9.88. The first-order valence-electron chi connectivity index (χ1n) is 6.14. The fourth-order valence-corrected chi connectivity index (χ4v) is 2.02. The van der Waals surface area contributed by atoms with E-state index in [9.17, 15) is 28.2 Å². The molecule has 1 aromatic rings. The second-order valence-electron chi connectivity index (χ2n) is 5.05. The van der Waals surface area contributed by atoms with E-state index < -0.39 is 29.2 Å². The Bertz CT molecular complexity index is 610. The zero-order chi connectivity index (χ0) is 15.8. The van der Waals surface area contributed by atoms with Gasteiger partial charge in [-0.15, -0.1) is 0 Å². The summed E-state index contributed by atoms with van der Waals surface area (Å²) in [5.41, 5.74) is -2.14. The van der Waals surface area contributed by atoms with Gasteiger partial charge in [-0.2, -0.15) is 13.2 Å². The number of aliphatic hydroxyl groups is 2. The van der Waals surface area contributed by atoms with Gasteiger partial charge >= 0.3 is 6.18 Å². The highest BCUT2D eigenvalue weighted by molar-refractivity contribution is 6.06. The van der Waals surface area contributed by atoms with Gasteiger partial charge in [-0.3, -0.25) is 4.79 Å². The summed E-state index contributed by atoms with van der Waals surface area (Å²) in [6.07, 6.45) is -2.26. The van der Waals surface area contributed by atoms with Crippen molar-refractivity contribution in [3.63, 3.8) is 0 Å². The third kappa shape index (κ3) is 3.40. The van der Waals surface area contributed by atoms with Crippen LogP contribution < -0.4 is 0 Å². The zero-order valence-corrected chi connectivity index (χ0v) is 11.1. The van der Waals surface area contributed by atoms with Crippen molar-refractivity contribution in [2.24, 2.45) is 0 Å². The lowest BCUT2D eigenvalue weighted by molar-refractivity contribution is -0.137. The van der Waals surface area contributed by atoms with Gasteiger partial charge in [0.2, 0.25) is 0 Å². The molecule has 6 heteroatoms. The SMILES string of the molecule is C[C@]1(O)C=CC(=O)C([C@@H](O)c2ccc(C(F)(F)F)cc2)=C1. The van der Waals surface area contributed by atoms with Crippen LogP contribution in [-0.2, 0) is 11.0 Å². The van der Waals surface area contributed by atoms with Gasteiger partial charge in [-0.1, -0.05) is 12.1 Å². The Balaban J connectivity index is 2.30. The molecule has 1 aliphatic carbocycles. The first kappa shape index (κ1) is 15.5. The molecule has 1 aliphatic rings. The van der Waals surface area contributed by atoms with E-state index in [1.807, 2.05) is 0 Å². The van der Waals surface area contributed by atoms with Crippen LogP contribution in [0.4, 0.5) is 13.2 Å². The molecule has 3 nitrogen and oxygen atoms in total. The molecular formula is C15H13F3O3. The Labute approximate surface area is 119 Å². The number of alkyl halides is 3. The minimum atomic E-state index is -4.46. The van der Waals surface area contributed by atoms with E-state index in [1.165, 1.54) is 19.1 Å². The van der Waals surface area contributed by atoms with Crippen molar-refractivity contribution in [1.82, 2.24) is 0 Å². The molecular weight excluding hydrogens is 285 g/mol. The van der Waals surface area contributed by atoms with Gasteiger partial charge < -0.3 is 10.2 Å². The Morgan fingerprint density at radius 2 is 1.76 bits per heavy atom. The molecule has 0 fully saturated rings. The second kappa shape index (κ2) is 5.13. The minimum Gasteiger partial charge on any atom is -0.384 e. The van der Waals surface area contributed by atoms with Crippen molar-refractivity contribution >= 4 is 5.78 Å². The predicted octanol–water partition coefficient (Wildman–Crippen LogP) is 2.56. The summed E-state index contributed by atoms with van der Waals surface area (Å²) in [6, 6.07) is 3.88. The zero-order valence-electron chi connectivity index (χ0n) is 11.1. The summed E-state index contributed by atoms with van der Waals surface area (Å²) >= 11 is 0. The largest absolute Gasteiger partial charge is 0.416 e. The van der Waals surface area contributed by atoms with Gasteiger partial charge in [0.1, 0.15) is 6.10 Å². The van der Waals surface area contributed by atoms with E-state index in [4.69, 9.17) is 0 Å². The number of halogens is 3. The van der Waals surface area contributed by atoms with Crippen molar-refractivity contribution in [3.05, 3.63) is 59.2 Å². The molecule has 2 N–H and O–H groups in total. The number of carbonyl (C=O) groups is 1. The molecule has 0 spiro atoms. The highest BCUT2D eigenvalue weighted by Gasteiger charge is 2.31. The molecule has 1 aromatic carbocycles. The summed E-state index contributed by atoms with van der Waals surface area (Å²) in [7, 11) is 0. The fourth-order valence-electron chi connectivity index (χ4n) is 2.02. The standard InChI is InChI=1S/C15H13F3O3/c1-14(21)7-6-12(19)11(8-14)13(20)9-2-4-10(5-3-9)15(16,17)18/h2-8,13,20-21H,1H3/t13-,14-/m0/s1. The van der Waals surface area contributed by atoms with Crippen molar-refractivity contribution in [2.45, 2.75) is 24.8 Å².